The zero-order valence-corrected chi connectivity index (χ0v) is 39.5. The lowest BCUT2D eigenvalue weighted by atomic mass is 9.76. The molecule has 14 rings (SSSR count). The second-order valence-corrected chi connectivity index (χ2v) is 19.7. The van der Waals surface area contributed by atoms with E-state index in [-0.39, 0.29) is 5.41 Å². The Kier molecular flexibility index (Phi) is 9.74. The van der Waals surface area contributed by atoms with Crippen LogP contribution in [0.25, 0.3) is 113 Å². The molecule has 2 aromatic heterocycles. The van der Waals surface area contributed by atoms with Gasteiger partial charge in [0.05, 0.1) is 22.1 Å². The molecule has 2 aliphatic rings. The van der Waals surface area contributed by atoms with Crippen LogP contribution in [0.5, 0.6) is 0 Å². The Bertz CT molecular complexity index is 3800. The molecule has 0 radical (unpaired) electrons. The minimum atomic E-state index is 0.0741. The van der Waals surface area contributed by atoms with Crippen LogP contribution in [0, 0.1) is 0 Å². The lowest BCUT2D eigenvalue weighted by Gasteiger charge is -2.27. The highest BCUT2D eigenvalue weighted by atomic mass is 15.0. The SMILES string of the molecule is C(=Cc1ccc2c(c1)C1(CCCC1)c1cc(C=Cc3ccc(-c4ccc5c(c4)c4ccccc4n5-c4ccccc4)cc3)ccc1-2)c1ccc(-c2ccc3c(c2)c2ccccc2n3-c2ccccc2)cc1. The Labute approximate surface area is 414 Å². The van der Waals surface area contributed by atoms with E-state index < -0.39 is 0 Å². The zero-order valence-electron chi connectivity index (χ0n) is 39.5. The number of hydrogen-bond acceptors (Lipinski definition) is 0. The largest absolute Gasteiger partial charge is 0.309 e. The molecule has 1 saturated carbocycles. The van der Waals surface area contributed by atoms with Gasteiger partial charge in [0.1, 0.15) is 0 Å². The zero-order chi connectivity index (χ0) is 46.9. The van der Waals surface area contributed by atoms with E-state index in [9.17, 15) is 0 Å². The Morgan fingerprint density at radius 1 is 0.296 bits per heavy atom. The number of benzene rings is 10. The van der Waals surface area contributed by atoms with Gasteiger partial charge in [0.2, 0.25) is 0 Å². The number of para-hydroxylation sites is 4. The molecule has 0 N–H and O–H groups in total. The first kappa shape index (κ1) is 41.3. The molecular formula is C69H50N2. The quantitative estimate of drug-likeness (QED) is 0.134. The highest BCUT2D eigenvalue weighted by Gasteiger charge is 2.45. The van der Waals surface area contributed by atoms with Crippen molar-refractivity contribution in [1.82, 2.24) is 9.13 Å². The molecule has 1 spiro atoms. The third kappa shape index (κ3) is 6.93. The first-order valence-electron chi connectivity index (χ1n) is 25.2. The van der Waals surface area contributed by atoms with E-state index in [4.69, 9.17) is 0 Å². The molecule has 1 fully saturated rings. The lowest BCUT2D eigenvalue weighted by Crippen LogP contribution is -2.20. The van der Waals surface area contributed by atoms with Gasteiger partial charge in [0.15, 0.2) is 0 Å². The maximum Gasteiger partial charge on any atom is 0.0541 e. The van der Waals surface area contributed by atoms with E-state index in [0.717, 1.165) is 0 Å². The Morgan fingerprint density at radius 3 is 1.11 bits per heavy atom. The van der Waals surface area contributed by atoms with Crippen molar-refractivity contribution < 1.29 is 0 Å². The molecule has 0 atom stereocenters. The molecule has 2 heteroatoms. The predicted octanol–water partition coefficient (Wildman–Crippen LogP) is 18.4. The number of rotatable bonds is 8. The van der Waals surface area contributed by atoms with E-state index in [2.05, 4.69) is 264 Å². The molecule has 2 nitrogen and oxygen atoms in total. The summed E-state index contributed by atoms with van der Waals surface area (Å²) in [6, 6.07) is 85.0. The smallest absolute Gasteiger partial charge is 0.0541 e. The van der Waals surface area contributed by atoms with Gasteiger partial charge in [-0.05, 0) is 140 Å². The summed E-state index contributed by atoms with van der Waals surface area (Å²) >= 11 is 0. The third-order valence-electron chi connectivity index (χ3n) is 15.7. The van der Waals surface area contributed by atoms with Crippen LogP contribution >= 0.6 is 0 Å². The van der Waals surface area contributed by atoms with Gasteiger partial charge >= 0.3 is 0 Å². The first-order valence-corrected chi connectivity index (χ1v) is 25.2. The van der Waals surface area contributed by atoms with Crippen molar-refractivity contribution in [1.29, 1.82) is 0 Å². The molecule has 0 aliphatic heterocycles. The number of hydrogen-bond donors (Lipinski definition) is 0. The van der Waals surface area contributed by atoms with Gasteiger partial charge in [-0.15, -0.1) is 0 Å². The summed E-state index contributed by atoms with van der Waals surface area (Å²) < 4.78 is 4.75. The first-order chi connectivity index (χ1) is 35.1. The average Bonchev–Trinajstić information content (AvgIpc) is 4.21. The van der Waals surface area contributed by atoms with Crippen LogP contribution in [0.1, 0.15) is 59.1 Å². The van der Waals surface area contributed by atoms with E-state index in [0.29, 0.717) is 0 Å². The van der Waals surface area contributed by atoms with E-state index in [1.807, 2.05) is 0 Å². The fourth-order valence-corrected chi connectivity index (χ4v) is 12.2. The molecule has 2 aliphatic carbocycles. The predicted molar refractivity (Wildman–Crippen MR) is 301 cm³/mol. The molecule has 12 aromatic rings. The van der Waals surface area contributed by atoms with Crippen LogP contribution in [0.4, 0.5) is 0 Å². The van der Waals surface area contributed by atoms with Crippen LogP contribution in [0.3, 0.4) is 0 Å². The Balaban J connectivity index is 0.699. The van der Waals surface area contributed by atoms with Crippen molar-refractivity contribution in [3.63, 3.8) is 0 Å². The molecule has 0 saturated heterocycles. The molecule has 336 valence electrons. The summed E-state index contributed by atoms with van der Waals surface area (Å²) in [5.41, 5.74) is 23.0. The molecule has 0 bridgehead atoms. The Morgan fingerprint density at radius 2 is 0.662 bits per heavy atom. The normalized spacial score (nSPS) is 14.0. The summed E-state index contributed by atoms with van der Waals surface area (Å²) in [6.07, 6.45) is 14.1. The van der Waals surface area contributed by atoms with E-state index >= 15 is 0 Å². The van der Waals surface area contributed by atoms with Crippen LogP contribution in [0.2, 0.25) is 0 Å². The average molecular weight is 907 g/mol. The maximum atomic E-state index is 2.49. The lowest BCUT2D eigenvalue weighted by molar-refractivity contribution is 0.550. The highest BCUT2D eigenvalue weighted by molar-refractivity contribution is 6.11. The maximum absolute atomic E-state index is 2.49. The van der Waals surface area contributed by atoms with Gasteiger partial charge in [-0.1, -0.05) is 207 Å². The Hall–Kier alpha value is -8.72. The summed E-state index contributed by atoms with van der Waals surface area (Å²) in [5.74, 6) is 0. The molecule has 2 heterocycles. The van der Waals surface area contributed by atoms with Gasteiger partial charge in [-0.3, -0.25) is 0 Å². The minimum Gasteiger partial charge on any atom is -0.309 e. The van der Waals surface area contributed by atoms with E-state index in [1.165, 1.54) is 147 Å². The highest BCUT2D eigenvalue weighted by Crippen LogP contribution is 2.57. The van der Waals surface area contributed by atoms with Crippen LogP contribution in [-0.2, 0) is 5.41 Å². The monoisotopic (exact) mass is 906 g/mol. The summed E-state index contributed by atoms with van der Waals surface area (Å²) in [7, 11) is 0. The standard InChI is InChI=1S/C69H50N2/c1-3-13-55(14-4-1)70-65-19-9-7-17-59(65)61-45-53(35-39-67(61)70)51-31-25-47(26-32-51)21-23-49-29-37-57-58-38-30-50(44-64(58)69(63(57)43-49)41-11-12-42-69)24-22-48-27-33-52(34-28-48)54-36-40-68-62(46-54)60-18-8-10-20-66(60)71(68)56-15-5-2-6-16-56/h1-10,13-40,43-46H,11-12,41-42H2. The molecule has 0 amide bonds. The van der Waals surface area contributed by atoms with Gasteiger partial charge in [-0.25, -0.2) is 0 Å². The molecule has 0 unspecified atom stereocenters. The fraction of sp³-hybridized carbons (Fsp3) is 0.0725. The topological polar surface area (TPSA) is 9.86 Å². The van der Waals surface area contributed by atoms with Crippen molar-refractivity contribution in [3.8, 4) is 44.8 Å². The van der Waals surface area contributed by atoms with Crippen LogP contribution < -0.4 is 0 Å². The van der Waals surface area contributed by atoms with Gasteiger partial charge in [0, 0.05) is 38.3 Å². The van der Waals surface area contributed by atoms with Crippen molar-refractivity contribution in [2.24, 2.45) is 0 Å². The molecule has 71 heavy (non-hydrogen) atoms. The molecular weight excluding hydrogens is 857 g/mol. The number of nitrogens with zero attached hydrogens (tertiary/aromatic N) is 2. The summed E-state index contributed by atoms with van der Waals surface area (Å²) in [4.78, 5) is 0. The van der Waals surface area contributed by atoms with Crippen molar-refractivity contribution in [2.75, 3.05) is 0 Å². The van der Waals surface area contributed by atoms with Gasteiger partial charge < -0.3 is 9.13 Å². The number of aromatic nitrogens is 2. The van der Waals surface area contributed by atoms with Gasteiger partial charge in [0.25, 0.3) is 0 Å². The molecule has 10 aromatic carbocycles. The second-order valence-electron chi connectivity index (χ2n) is 19.7. The van der Waals surface area contributed by atoms with Gasteiger partial charge in [-0.2, -0.15) is 0 Å². The fourth-order valence-electron chi connectivity index (χ4n) is 12.2. The van der Waals surface area contributed by atoms with Crippen LogP contribution in [0.15, 0.2) is 231 Å². The summed E-state index contributed by atoms with van der Waals surface area (Å²) in [5, 5.41) is 5.09. The van der Waals surface area contributed by atoms with Crippen molar-refractivity contribution >= 4 is 67.9 Å². The number of fused-ring (bicyclic) bond motifs is 11. The summed E-state index contributed by atoms with van der Waals surface area (Å²) in [6.45, 7) is 0. The third-order valence-corrected chi connectivity index (χ3v) is 15.7. The van der Waals surface area contributed by atoms with E-state index in [1.54, 1.807) is 0 Å². The van der Waals surface area contributed by atoms with Crippen molar-refractivity contribution in [2.45, 2.75) is 31.1 Å². The second kappa shape index (κ2) is 16.8. The van der Waals surface area contributed by atoms with Crippen LogP contribution in [-0.4, -0.2) is 9.13 Å². The minimum absolute atomic E-state index is 0.0741. The van der Waals surface area contributed by atoms with Crippen molar-refractivity contribution in [3.05, 3.63) is 264 Å².